The average molecular weight is 320 g/mol. The molecule has 1 aromatic carbocycles. The molecular weight excluding hydrogens is 296 g/mol. The Labute approximate surface area is 136 Å². The molecule has 0 unspecified atom stereocenters. The van der Waals surface area contributed by atoms with Gasteiger partial charge in [-0.1, -0.05) is 58.5 Å². The maximum Gasteiger partial charge on any atom is 0.365 e. The number of hydrogen-bond donors (Lipinski definition) is 1. The second-order valence-corrected chi connectivity index (χ2v) is 6.16. The van der Waals surface area contributed by atoms with Crippen molar-refractivity contribution in [3.05, 3.63) is 34.7 Å². The fourth-order valence-corrected chi connectivity index (χ4v) is 2.42. The minimum Gasteiger partial charge on any atom is -0.337 e. The van der Waals surface area contributed by atoms with Gasteiger partial charge in [-0.2, -0.15) is 10.1 Å². The lowest BCUT2D eigenvalue weighted by Gasteiger charge is -2.18. The molecule has 0 aliphatic carbocycles. The number of hydrogen-bond acceptors (Lipinski definition) is 5. The van der Waals surface area contributed by atoms with Crippen LogP contribution < -0.4 is 11.0 Å². The van der Waals surface area contributed by atoms with E-state index in [1.165, 1.54) is 16.4 Å². The van der Waals surface area contributed by atoms with E-state index in [2.05, 4.69) is 36.2 Å². The summed E-state index contributed by atoms with van der Waals surface area (Å²) in [5.74, 6) is 1.37. The van der Waals surface area contributed by atoms with Gasteiger partial charge in [0.2, 0.25) is 0 Å². The zero-order valence-corrected chi connectivity index (χ0v) is 14.9. The van der Waals surface area contributed by atoms with E-state index in [1.54, 1.807) is 7.05 Å². The first-order valence-corrected chi connectivity index (χ1v) is 8.28. The van der Waals surface area contributed by atoms with E-state index in [0.717, 1.165) is 21.5 Å². The number of benzene rings is 1. The normalized spacial score (nSPS) is 11.0. The van der Waals surface area contributed by atoms with Gasteiger partial charge in [-0.3, -0.25) is 0 Å². The molecule has 0 bridgehead atoms. The Morgan fingerprint density at radius 2 is 1.77 bits per heavy atom. The van der Waals surface area contributed by atoms with Gasteiger partial charge in [0, 0.05) is 11.9 Å². The Hall–Kier alpha value is -1.82. The van der Waals surface area contributed by atoms with Crippen LogP contribution in [0.2, 0.25) is 0 Å². The Bertz CT molecular complexity index is 665. The van der Waals surface area contributed by atoms with E-state index in [1.807, 2.05) is 38.1 Å². The van der Waals surface area contributed by atoms with Crippen molar-refractivity contribution >= 4 is 23.3 Å². The zero-order chi connectivity index (χ0) is 16.7. The molecule has 5 nitrogen and oxygen atoms in total. The SMILES string of the molecule is CC.CC(C)C.Cn1nc2c(nc1=O)Nc1ccccc1S2. The van der Waals surface area contributed by atoms with Crippen LogP contribution in [-0.4, -0.2) is 14.8 Å². The molecule has 0 saturated heterocycles. The van der Waals surface area contributed by atoms with Crippen LogP contribution in [0.1, 0.15) is 34.6 Å². The third-order valence-electron chi connectivity index (χ3n) is 2.27. The minimum atomic E-state index is -0.355. The maximum atomic E-state index is 11.3. The van der Waals surface area contributed by atoms with Crippen molar-refractivity contribution in [1.29, 1.82) is 0 Å². The smallest absolute Gasteiger partial charge is 0.337 e. The van der Waals surface area contributed by atoms with Crippen molar-refractivity contribution in [2.75, 3.05) is 5.32 Å². The lowest BCUT2D eigenvalue weighted by Crippen LogP contribution is -2.25. The summed E-state index contributed by atoms with van der Waals surface area (Å²) in [6.07, 6.45) is 0. The summed E-state index contributed by atoms with van der Waals surface area (Å²) in [6, 6.07) is 7.85. The fourth-order valence-electron chi connectivity index (χ4n) is 1.48. The third-order valence-corrected chi connectivity index (χ3v) is 3.32. The predicted molar refractivity (Wildman–Crippen MR) is 93.0 cm³/mol. The van der Waals surface area contributed by atoms with Gasteiger partial charge < -0.3 is 5.32 Å². The lowest BCUT2D eigenvalue weighted by molar-refractivity contribution is 0.638. The van der Waals surface area contributed by atoms with Gasteiger partial charge in [-0.15, -0.1) is 0 Å². The van der Waals surface area contributed by atoms with Crippen LogP contribution in [0, 0.1) is 5.92 Å². The zero-order valence-electron chi connectivity index (χ0n) is 14.0. The Morgan fingerprint density at radius 1 is 1.18 bits per heavy atom. The Kier molecular flexibility index (Phi) is 7.11. The first-order chi connectivity index (χ1) is 10.5. The summed E-state index contributed by atoms with van der Waals surface area (Å²) < 4.78 is 1.24. The number of anilines is 2. The van der Waals surface area contributed by atoms with Gasteiger partial charge in [-0.25, -0.2) is 9.48 Å². The van der Waals surface area contributed by atoms with Crippen LogP contribution in [0.3, 0.4) is 0 Å². The average Bonchev–Trinajstić information content (AvgIpc) is 2.48. The van der Waals surface area contributed by atoms with E-state index in [-0.39, 0.29) is 5.69 Å². The molecule has 1 aliphatic heterocycles. The highest BCUT2D eigenvalue weighted by molar-refractivity contribution is 7.99. The number of aromatic nitrogens is 3. The second-order valence-electron chi connectivity index (χ2n) is 5.13. The fraction of sp³-hybridized carbons (Fsp3) is 0.438. The lowest BCUT2D eigenvalue weighted by atomic mass is 10.3. The van der Waals surface area contributed by atoms with E-state index >= 15 is 0 Å². The van der Waals surface area contributed by atoms with Crippen molar-refractivity contribution in [2.24, 2.45) is 13.0 Å². The molecule has 22 heavy (non-hydrogen) atoms. The van der Waals surface area contributed by atoms with E-state index < -0.39 is 0 Å². The number of nitrogens with zero attached hydrogens (tertiary/aromatic N) is 3. The molecule has 120 valence electrons. The molecule has 0 spiro atoms. The molecular formula is C16H24N4OS. The number of para-hydroxylation sites is 1. The molecule has 0 amide bonds. The van der Waals surface area contributed by atoms with Crippen molar-refractivity contribution in [2.45, 2.75) is 44.5 Å². The van der Waals surface area contributed by atoms with Crippen LogP contribution >= 0.6 is 11.8 Å². The van der Waals surface area contributed by atoms with Crippen molar-refractivity contribution in [1.82, 2.24) is 14.8 Å². The summed E-state index contributed by atoms with van der Waals surface area (Å²) >= 11 is 1.51. The molecule has 0 radical (unpaired) electrons. The molecule has 0 atom stereocenters. The molecule has 2 heterocycles. The van der Waals surface area contributed by atoms with Gasteiger partial charge >= 0.3 is 5.69 Å². The van der Waals surface area contributed by atoms with Crippen molar-refractivity contribution in [3.63, 3.8) is 0 Å². The van der Waals surface area contributed by atoms with Crippen LogP contribution in [0.15, 0.2) is 39.0 Å². The van der Waals surface area contributed by atoms with Crippen LogP contribution in [-0.2, 0) is 7.05 Å². The number of aryl methyl sites for hydroxylation is 1. The monoisotopic (exact) mass is 320 g/mol. The first-order valence-electron chi connectivity index (χ1n) is 7.46. The van der Waals surface area contributed by atoms with Crippen molar-refractivity contribution in [3.8, 4) is 0 Å². The molecule has 2 aromatic rings. The second kappa shape index (κ2) is 8.58. The highest BCUT2D eigenvalue weighted by Gasteiger charge is 2.18. The molecule has 0 fully saturated rings. The Balaban J connectivity index is 0.000000354. The molecule has 3 rings (SSSR count). The predicted octanol–water partition coefficient (Wildman–Crippen LogP) is 4.07. The van der Waals surface area contributed by atoms with Gasteiger partial charge in [0.25, 0.3) is 0 Å². The topological polar surface area (TPSA) is 59.8 Å². The van der Waals surface area contributed by atoms with E-state index in [9.17, 15) is 4.79 Å². The van der Waals surface area contributed by atoms with Gasteiger partial charge in [-0.05, 0) is 18.1 Å². The number of fused-ring (bicyclic) bond motifs is 2. The summed E-state index contributed by atoms with van der Waals surface area (Å²) in [6.45, 7) is 10.5. The molecule has 1 aromatic heterocycles. The minimum absolute atomic E-state index is 0.355. The van der Waals surface area contributed by atoms with Gasteiger partial charge in [0.1, 0.15) is 0 Å². The third kappa shape index (κ3) is 4.87. The van der Waals surface area contributed by atoms with Gasteiger partial charge in [0.05, 0.1) is 5.69 Å². The quantitative estimate of drug-likeness (QED) is 0.676. The highest BCUT2D eigenvalue weighted by atomic mass is 32.2. The maximum absolute atomic E-state index is 11.3. The summed E-state index contributed by atoms with van der Waals surface area (Å²) in [5.41, 5.74) is 0.605. The summed E-state index contributed by atoms with van der Waals surface area (Å²) in [7, 11) is 1.59. The van der Waals surface area contributed by atoms with Crippen LogP contribution in [0.25, 0.3) is 0 Å². The van der Waals surface area contributed by atoms with Crippen LogP contribution in [0.5, 0.6) is 0 Å². The molecule has 0 saturated carbocycles. The van der Waals surface area contributed by atoms with Crippen LogP contribution in [0.4, 0.5) is 11.5 Å². The standard InChI is InChI=1S/C10H8N4OS.C4H10.C2H6/c1-14-10(15)12-8-9(13-14)16-7-5-3-2-4-6(7)11-8;1-4(2)3;1-2/h2-5H,1H3,(H,11,12,15);4H,1-3H3;1-2H3. The Morgan fingerprint density at radius 3 is 2.41 bits per heavy atom. The molecule has 1 aliphatic rings. The molecule has 6 heteroatoms. The largest absolute Gasteiger partial charge is 0.365 e. The van der Waals surface area contributed by atoms with E-state index in [4.69, 9.17) is 0 Å². The molecule has 1 N–H and O–H groups in total. The number of nitrogens with one attached hydrogen (secondary N) is 1. The first kappa shape index (κ1) is 18.2. The van der Waals surface area contributed by atoms with E-state index in [0.29, 0.717) is 5.82 Å². The summed E-state index contributed by atoms with van der Waals surface area (Å²) in [5, 5.41) is 7.98. The summed E-state index contributed by atoms with van der Waals surface area (Å²) in [4.78, 5) is 16.4. The number of rotatable bonds is 0. The van der Waals surface area contributed by atoms with Gasteiger partial charge in [0.15, 0.2) is 10.8 Å². The highest BCUT2D eigenvalue weighted by Crippen LogP contribution is 2.40. The van der Waals surface area contributed by atoms with Crippen molar-refractivity contribution < 1.29 is 0 Å².